The van der Waals surface area contributed by atoms with E-state index in [-0.39, 0.29) is 50.3 Å². The Morgan fingerprint density at radius 3 is 1.94 bits per heavy atom. The molecule has 0 saturated heterocycles. The Morgan fingerprint density at radius 2 is 1.36 bits per heavy atom. The highest BCUT2D eigenvalue weighted by Gasteiger charge is 2.38. The van der Waals surface area contributed by atoms with Crippen LogP contribution in [0.2, 0.25) is 0 Å². The number of halogens is 3. The van der Waals surface area contributed by atoms with Gasteiger partial charge in [-0.15, -0.1) is 0 Å². The second-order valence-corrected chi connectivity index (χ2v) is 8.39. The van der Waals surface area contributed by atoms with E-state index in [2.05, 4.69) is 13.2 Å². The van der Waals surface area contributed by atoms with Crippen LogP contribution in [0, 0.1) is 6.92 Å². The fourth-order valence-electron chi connectivity index (χ4n) is 3.74. The number of fused-ring (bicyclic) bond motifs is 3. The van der Waals surface area contributed by atoms with Crippen LogP contribution >= 0.6 is 0 Å². The van der Waals surface area contributed by atoms with Crippen molar-refractivity contribution in [2.45, 2.75) is 26.9 Å². The minimum absolute atomic E-state index is 0.0987. The summed E-state index contributed by atoms with van der Waals surface area (Å²) in [7, 11) is 0. The van der Waals surface area contributed by atoms with Gasteiger partial charge >= 0.3 is 18.1 Å². The Labute approximate surface area is 204 Å². The number of rotatable bonds is 5. The number of hydrogen-bond acceptors (Lipinski definition) is 5. The van der Waals surface area contributed by atoms with Crippen molar-refractivity contribution in [2.75, 3.05) is 0 Å². The molecule has 1 aromatic heterocycles. The summed E-state index contributed by atoms with van der Waals surface area (Å²) in [5.41, 5.74) is -0.170. The highest BCUT2D eigenvalue weighted by Crippen LogP contribution is 2.46. The molecule has 0 radical (unpaired) electrons. The Balaban J connectivity index is 1.86. The molecular formula is C28H21F3O5. The smallest absolute Gasteiger partial charge is 0.420 e. The highest BCUT2D eigenvalue weighted by molar-refractivity contribution is 6.09. The van der Waals surface area contributed by atoms with Gasteiger partial charge in [-0.25, -0.2) is 9.59 Å². The summed E-state index contributed by atoms with van der Waals surface area (Å²) in [5, 5.41) is 0.727. The molecule has 4 aromatic rings. The average Bonchev–Trinajstić information content (AvgIpc) is 3.19. The third-order valence-electron chi connectivity index (χ3n) is 5.57. The van der Waals surface area contributed by atoms with E-state index in [9.17, 15) is 22.8 Å². The van der Waals surface area contributed by atoms with E-state index in [1.165, 1.54) is 50.2 Å². The third kappa shape index (κ3) is 4.49. The fourth-order valence-corrected chi connectivity index (χ4v) is 3.74. The number of ether oxygens (including phenoxy) is 2. The van der Waals surface area contributed by atoms with Crippen LogP contribution in [0.4, 0.5) is 13.2 Å². The van der Waals surface area contributed by atoms with Crippen LogP contribution in [-0.4, -0.2) is 11.9 Å². The molecule has 3 aromatic carbocycles. The Kier molecular flexibility index (Phi) is 6.22. The first-order chi connectivity index (χ1) is 16.9. The molecule has 36 heavy (non-hydrogen) atoms. The SMILES string of the molecule is C=C(C)C(=O)Oc1ccc(-c2ccc3c(oc4c(C)c(OC(=O)C(=C)C)ccc43)c2C(F)(F)F)cc1. The molecule has 0 fully saturated rings. The van der Waals surface area contributed by atoms with Gasteiger partial charge in [-0.3, -0.25) is 0 Å². The van der Waals surface area contributed by atoms with Crippen molar-refractivity contribution in [3.05, 3.63) is 84.0 Å². The predicted octanol–water partition coefficient (Wildman–Crippen LogP) is 7.54. The molecule has 0 atom stereocenters. The van der Waals surface area contributed by atoms with Crippen molar-refractivity contribution in [1.29, 1.82) is 0 Å². The van der Waals surface area contributed by atoms with Crippen LogP contribution in [0.25, 0.3) is 33.1 Å². The average molecular weight is 494 g/mol. The maximum Gasteiger partial charge on any atom is 0.420 e. The first kappa shape index (κ1) is 24.8. The van der Waals surface area contributed by atoms with Gasteiger partial charge in [-0.2, -0.15) is 13.2 Å². The van der Waals surface area contributed by atoms with Gasteiger partial charge in [0.1, 0.15) is 28.2 Å². The fraction of sp³-hybridized carbons (Fsp3) is 0.143. The lowest BCUT2D eigenvalue weighted by Gasteiger charge is -2.14. The molecule has 0 saturated carbocycles. The zero-order valence-electron chi connectivity index (χ0n) is 19.7. The van der Waals surface area contributed by atoms with Crippen LogP contribution in [-0.2, 0) is 15.8 Å². The second-order valence-electron chi connectivity index (χ2n) is 8.39. The molecule has 0 N–H and O–H groups in total. The highest BCUT2D eigenvalue weighted by atomic mass is 19.4. The molecule has 4 rings (SSSR count). The zero-order chi connectivity index (χ0) is 26.4. The van der Waals surface area contributed by atoms with Crippen LogP contribution in [0.15, 0.2) is 77.3 Å². The molecule has 0 spiro atoms. The van der Waals surface area contributed by atoms with Gasteiger partial charge in [-0.05, 0) is 62.2 Å². The first-order valence-electron chi connectivity index (χ1n) is 10.8. The molecule has 184 valence electrons. The summed E-state index contributed by atoms with van der Waals surface area (Å²) in [6, 6.07) is 11.7. The molecule has 0 aliphatic rings. The number of alkyl halides is 3. The normalized spacial score (nSPS) is 11.5. The number of furan rings is 1. The maximum atomic E-state index is 14.4. The molecule has 0 aliphatic heterocycles. The molecular weight excluding hydrogens is 473 g/mol. The zero-order valence-corrected chi connectivity index (χ0v) is 19.7. The molecule has 0 amide bonds. The van der Waals surface area contributed by atoms with Gasteiger partial charge in [0, 0.05) is 27.5 Å². The third-order valence-corrected chi connectivity index (χ3v) is 5.57. The lowest BCUT2D eigenvalue weighted by molar-refractivity contribution is -0.136. The monoisotopic (exact) mass is 494 g/mol. The van der Waals surface area contributed by atoms with Gasteiger partial charge in [0.05, 0.1) is 0 Å². The summed E-state index contributed by atoms with van der Waals surface area (Å²) in [6.07, 6.45) is -4.74. The predicted molar refractivity (Wildman–Crippen MR) is 130 cm³/mol. The Bertz CT molecular complexity index is 1560. The summed E-state index contributed by atoms with van der Waals surface area (Å²) < 4.78 is 59.3. The van der Waals surface area contributed by atoms with Crippen LogP contribution in [0.3, 0.4) is 0 Å². The minimum atomic E-state index is -4.74. The summed E-state index contributed by atoms with van der Waals surface area (Å²) in [5.74, 6) is -0.934. The second kappa shape index (κ2) is 9.03. The summed E-state index contributed by atoms with van der Waals surface area (Å²) in [6.45, 7) is 11.6. The van der Waals surface area contributed by atoms with Crippen molar-refractivity contribution in [3.8, 4) is 22.6 Å². The standard InChI is InChI=1S/C28H21F3O5/c1-14(2)26(32)34-18-8-6-17(7-9-18)19-10-11-21-20-12-13-22(35-27(33)15(3)4)16(5)24(20)36-25(21)23(19)28(29,30)31/h6-13H,1,3H2,2,4-5H3. The molecule has 8 heteroatoms. The van der Waals surface area contributed by atoms with Crippen molar-refractivity contribution in [2.24, 2.45) is 0 Å². The van der Waals surface area contributed by atoms with Gasteiger partial charge in [0.15, 0.2) is 0 Å². The molecule has 0 unspecified atom stereocenters. The van der Waals surface area contributed by atoms with E-state index < -0.39 is 23.7 Å². The lowest BCUT2D eigenvalue weighted by Crippen LogP contribution is -2.09. The van der Waals surface area contributed by atoms with E-state index in [1.54, 1.807) is 19.1 Å². The van der Waals surface area contributed by atoms with E-state index in [1.807, 2.05) is 0 Å². The largest absolute Gasteiger partial charge is 0.455 e. The molecule has 0 aliphatic carbocycles. The van der Waals surface area contributed by atoms with Crippen molar-refractivity contribution >= 4 is 33.9 Å². The van der Waals surface area contributed by atoms with E-state index in [0.717, 1.165) is 0 Å². The molecule has 5 nitrogen and oxygen atoms in total. The first-order valence-corrected chi connectivity index (χ1v) is 10.8. The van der Waals surface area contributed by atoms with E-state index in [4.69, 9.17) is 13.9 Å². The van der Waals surface area contributed by atoms with Gasteiger partial charge in [0.25, 0.3) is 0 Å². The van der Waals surface area contributed by atoms with Crippen molar-refractivity contribution in [3.63, 3.8) is 0 Å². The maximum absolute atomic E-state index is 14.4. The minimum Gasteiger partial charge on any atom is -0.455 e. The van der Waals surface area contributed by atoms with E-state index >= 15 is 0 Å². The summed E-state index contributed by atoms with van der Waals surface area (Å²) in [4.78, 5) is 23.7. The van der Waals surface area contributed by atoms with Crippen molar-refractivity contribution < 1.29 is 36.7 Å². The van der Waals surface area contributed by atoms with Crippen LogP contribution in [0.1, 0.15) is 25.0 Å². The van der Waals surface area contributed by atoms with Gasteiger partial charge in [0.2, 0.25) is 0 Å². The lowest BCUT2D eigenvalue weighted by atomic mass is 9.96. The number of carbonyl (C=O) groups is 2. The number of hydrogen-bond donors (Lipinski definition) is 0. The molecule has 1 heterocycles. The number of carbonyl (C=O) groups excluding carboxylic acids is 2. The Morgan fingerprint density at radius 1 is 0.806 bits per heavy atom. The number of aryl methyl sites for hydroxylation is 1. The quantitative estimate of drug-likeness (QED) is 0.163. The number of esters is 2. The van der Waals surface area contributed by atoms with Crippen LogP contribution in [0.5, 0.6) is 11.5 Å². The van der Waals surface area contributed by atoms with Crippen LogP contribution < -0.4 is 9.47 Å². The van der Waals surface area contributed by atoms with E-state index in [0.29, 0.717) is 10.9 Å². The van der Waals surface area contributed by atoms with Gasteiger partial charge < -0.3 is 13.9 Å². The topological polar surface area (TPSA) is 65.7 Å². The van der Waals surface area contributed by atoms with Crippen molar-refractivity contribution in [1.82, 2.24) is 0 Å². The summed E-state index contributed by atoms with van der Waals surface area (Å²) >= 11 is 0. The number of benzene rings is 3. The van der Waals surface area contributed by atoms with Gasteiger partial charge in [-0.1, -0.05) is 31.4 Å². The Hall–Kier alpha value is -4.33. The molecule has 0 bridgehead atoms.